The number of hydrogen-bond acceptors (Lipinski definition) is 5. The maximum atomic E-state index is 12.0. The number of amides is 2. The van der Waals surface area contributed by atoms with E-state index >= 15 is 0 Å². The summed E-state index contributed by atoms with van der Waals surface area (Å²) in [6.45, 7) is 0. The molecule has 0 aromatic heterocycles. The van der Waals surface area contributed by atoms with E-state index in [9.17, 15) is 14.4 Å². The van der Waals surface area contributed by atoms with Gasteiger partial charge in [-0.05, 0) is 35.0 Å². The SMILES string of the molecule is COC(=O)c1ccc(NC(=O)C(=O)N/N=C\c2cccc3ccccc23)cc1. The Bertz CT molecular complexity index is 1050. The van der Waals surface area contributed by atoms with Crippen molar-refractivity contribution in [1.29, 1.82) is 0 Å². The first kappa shape index (κ1) is 18.8. The maximum absolute atomic E-state index is 12.0. The molecular formula is C21H17N3O4. The number of nitrogens with zero attached hydrogens (tertiary/aromatic N) is 1. The Hall–Kier alpha value is -4.00. The minimum absolute atomic E-state index is 0.338. The summed E-state index contributed by atoms with van der Waals surface area (Å²) in [5.41, 5.74) is 3.72. The second-order valence-corrected chi connectivity index (χ2v) is 5.79. The van der Waals surface area contributed by atoms with Crippen molar-refractivity contribution in [2.45, 2.75) is 0 Å². The molecular weight excluding hydrogens is 358 g/mol. The Morgan fingerprint density at radius 3 is 2.36 bits per heavy atom. The number of ether oxygens (including phenoxy) is 1. The van der Waals surface area contributed by atoms with Crippen LogP contribution in [0.3, 0.4) is 0 Å². The second-order valence-electron chi connectivity index (χ2n) is 5.79. The summed E-state index contributed by atoms with van der Waals surface area (Å²) >= 11 is 0. The van der Waals surface area contributed by atoms with Gasteiger partial charge in [0.2, 0.25) is 0 Å². The Morgan fingerprint density at radius 2 is 1.61 bits per heavy atom. The van der Waals surface area contributed by atoms with Crippen LogP contribution in [0.15, 0.2) is 71.8 Å². The van der Waals surface area contributed by atoms with Crippen LogP contribution < -0.4 is 10.7 Å². The van der Waals surface area contributed by atoms with Gasteiger partial charge in [-0.1, -0.05) is 42.5 Å². The molecule has 0 atom stereocenters. The van der Waals surface area contributed by atoms with Crippen LogP contribution >= 0.6 is 0 Å². The van der Waals surface area contributed by atoms with Crippen LogP contribution in [0.4, 0.5) is 5.69 Å². The fourth-order valence-electron chi connectivity index (χ4n) is 2.57. The fraction of sp³-hybridized carbons (Fsp3) is 0.0476. The van der Waals surface area contributed by atoms with Gasteiger partial charge in [0, 0.05) is 11.3 Å². The predicted molar refractivity (Wildman–Crippen MR) is 106 cm³/mol. The molecule has 3 rings (SSSR count). The van der Waals surface area contributed by atoms with E-state index in [1.54, 1.807) is 0 Å². The molecule has 3 aromatic carbocycles. The zero-order valence-electron chi connectivity index (χ0n) is 15.0. The Kier molecular flexibility index (Phi) is 5.76. The highest BCUT2D eigenvalue weighted by Crippen LogP contribution is 2.16. The monoisotopic (exact) mass is 375 g/mol. The Balaban J connectivity index is 1.60. The molecule has 0 fully saturated rings. The van der Waals surface area contributed by atoms with E-state index in [-0.39, 0.29) is 0 Å². The van der Waals surface area contributed by atoms with Crippen molar-refractivity contribution in [1.82, 2.24) is 5.43 Å². The molecule has 0 aliphatic heterocycles. The molecule has 0 aliphatic rings. The molecule has 3 aromatic rings. The third kappa shape index (κ3) is 4.39. The van der Waals surface area contributed by atoms with Gasteiger partial charge >= 0.3 is 17.8 Å². The molecule has 2 N–H and O–H groups in total. The van der Waals surface area contributed by atoms with Crippen molar-refractivity contribution in [3.05, 3.63) is 77.9 Å². The van der Waals surface area contributed by atoms with Gasteiger partial charge in [0.15, 0.2) is 0 Å². The van der Waals surface area contributed by atoms with E-state index in [2.05, 4.69) is 20.6 Å². The zero-order chi connectivity index (χ0) is 19.9. The lowest BCUT2D eigenvalue weighted by molar-refractivity contribution is -0.136. The van der Waals surface area contributed by atoms with Gasteiger partial charge in [-0.3, -0.25) is 9.59 Å². The van der Waals surface area contributed by atoms with Crippen LogP contribution in [0.5, 0.6) is 0 Å². The van der Waals surface area contributed by atoms with Crippen LogP contribution in [-0.2, 0) is 14.3 Å². The molecule has 0 saturated heterocycles. The number of hydrazone groups is 1. The van der Waals surface area contributed by atoms with Crippen molar-refractivity contribution in [2.24, 2.45) is 5.10 Å². The number of benzene rings is 3. The lowest BCUT2D eigenvalue weighted by Crippen LogP contribution is -2.32. The fourth-order valence-corrected chi connectivity index (χ4v) is 2.57. The molecule has 0 radical (unpaired) electrons. The number of methoxy groups -OCH3 is 1. The smallest absolute Gasteiger partial charge is 0.337 e. The summed E-state index contributed by atoms with van der Waals surface area (Å²) in [6, 6.07) is 19.5. The van der Waals surface area contributed by atoms with Gasteiger partial charge < -0.3 is 10.1 Å². The molecule has 0 bridgehead atoms. The van der Waals surface area contributed by atoms with E-state index < -0.39 is 17.8 Å². The molecule has 0 saturated carbocycles. The number of rotatable bonds is 4. The highest BCUT2D eigenvalue weighted by Gasteiger charge is 2.13. The molecule has 0 aliphatic carbocycles. The van der Waals surface area contributed by atoms with Gasteiger partial charge in [0.25, 0.3) is 0 Å². The van der Waals surface area contributed by atoms with Crippen LogP contribution in [0.25, 0.3) is 10.8 Å². The van der Waals surface area contributed by atoms with Crippen molar-refractivity contribution < 1.29 is 19.1 Å². The highest BCUT2D eigenvalue weighted by atomic mass is 16.5. The number of esters is 1. The third-order valence-electron chi connectivity index (χ3n) is 3.96. The van der Waals surface area contributed by atoms with Gasteiger partial charge in [0.1, 0.15) is 0 Å². The molecule has 140 valence electrons. The first-order valence-corrected chi connectivity index (χ1v) is 8.39. The summed E-state index contributed by atoms with van der Waals surface area (Å²) in [5.74, 6) is -2.27. The molecule has 0 heterocycles. The van der Waals surface area contributed by atoms with E-state index in [1.807, 2.05) is 42.5 Å². The summed E-state index contributed by atoms with van der Waals surface area (Å²) in [4.78, 5) is 35.2. The summed E-state index contributed by atoms with van der Waals surface area (Å²) in [7, 11) is 1.28. The molecule has 28 heavy (non-hydrogen) atoms. The van der Waals surface area contributed by atoms with Crippen LogP contribution in [0.2, 0.25) is 0 Å². The summed E-state index contributed by atoms with van der Waals surface area (Å²) < 4.78 is 4.60. The lowest BCUT2D eigenvalue weighted by Gasteiger charge is -2.05. The minimum atomic E-state index is -0.909. The number of hydrogen-bond donors (Lipinski definition) is 2. The summed E-state index contributed by atoms with van der Waals surface area (Å²) in [6.07, 6.45) is 1.48. The Labute approximate surface area is 161 Å². The standard InChI is InChI=1S/C21H17N3O4/c1-28-21(27)15-9-11-17(12-10-15)23-19(25)20(26)24-22-13-16-7-4-6-14-5-2-3-8-18(14)16/h2-13H,1H3,(H,23,25)(H,24,26)/b22-13-. The predicted octanol–water partition coefficient (Wildman–Crippen LogP) is 2.72. The summed E-state index contributed by atoms with van der Waals surface area (Å²) in [5, 5.41) is 8.31. The first-order valence-electron chi connectivity index (χ1n) is 8.39. The van der Waals surface area contributed by atoms with E-state index in [1.165, 1.54) is 37.6 Å². The minimum Gasteiger partial charge on any atom is -0.465 e. The highest BCUT2D eigenvalue weighted by molar-refractivity contribution is 6.39. The van der Waals surface area contributed by atoms with Gasteiger partial charge in [0.05, 0.1) is 18.9 Å². The number of carbonyl (C=O) groups excluding carboxylic acids is 3. The Morgan fingerprint density at radius 1 is 0.893 bits per heavy atom. The zero-order valence-corrected chi connectivity index (χ0v) is 15.0. The first-order chi connectivity index (χ1) is 13.6. The van der Waals surface area contributed by atoms with Crippen molar-refractivity contribution in [3.8, 4) is 0 Å². The average molecular weight is 375 g/mol. The number of carbonyl (C=O) groups is 3. The maximum Gasteiger partial charge on any atom is 0.337 e. The second kappa shape index (κ2) is 8.59. The van der Waals surface area contributed by atoms with Crippen molar-refractivity contribution in [3.63, 3.8) is 0 Å². The topological polar surface area (TPSA) is 96.9 Å². The van der Waals surface area contributed by atoms with Crippen LogP contribution in [0, 0.1) is 0 Å². The lowest BCUT2D eigenvalue weighted by atomic mass is 10.1. The number of fused-ring (bicyclic) bond motifs is 1. The van der Waals surface area contributed by atoms with Crippen molar-refractivity contribution >= 4 is 40.5 Å². The quantitative estimate of drug-likeness (QED) is 0.317. The van der Waals surface area contributed by atoms with Crippen LogP contribution in [-0.4, -0.2) is 31.1 Å². The number of nitrogens with one attached hydrogen (secondary N) is 2. The van der Waals surface area contributed by atoms with Gasteiger partial charge in [-0.15, -0.1) is 0 Å². The van der Waals surface area contributed by atoms with Crippen LogP contribution in [0.1, 0.15) is 15.9 Å². The molecule has 2 amide bonds. The van der Waals surface area contributed by atoms with Gasteiger partial charge in [-0.2, -0.15) is 5.10 Å². The third-order valence-corrected chi connectivity index (χ3v) is 3.96. The van der Waals surface area contributed by atoms with Gasteiger partial charge in [-0.25, -0.2) is 10.2 Å². The number of anilines is 1. The largest absolute Gasteiger partial charge is 0.465 e. The van der Waals surface area contributed by atoms with E-state index in [4.69, 9.17) is 0 Å². The van der Waals surface area contributed by atoms with E-state index in [0.29, 0.717) is 11.3 Å². The normalized spacial score (nSPS) is 10.6. The van der Waals surface area contributed by atoms with Crippen molar-refractivity contribution in [2.75, 3.05) is 12.4 Å². The average Bonchev–Trinajstić information content (AvgIpc) is 2.73. The van der Waals surface area contributed by atoms with E-state index in [0.717, 1.165) is 16.3 Å². The molecule has 0 spiro atoms. The molecule has 7 heteroatoms. The molecule has 0 unspecified atom stereocenters. The molecule has 7 nitrogen and oxygen atoms in total.